The smallest absolute Gasteiger partial charge is 0.343 e. The van der Waals surface area contributed by atoms with Crippen LogP contribution in [0.25, 0.3) is 0 Å². The molecule has 1 aliphatic rings. The van der Waals surface area contributed by atoms with Gasteiger partial charge in [0.2, 0.25) is 0 Å². The average molecular weight is 481 g/mol. The van der Waals surface area contributed by atoms with Crippen LogP contribution >= 0.6 is 23.2 Å². The number of halogens is 2. The third-order valence-corrected chi connectivity index (χ3v) is 5.74. The molecule has 0 atom stereocenters. The summed E-state index contributed by atoms with van der Waals surface area (Å²) in [6, 6.07) is 20.1. The minimum Gasteiger partial charge on any atom is -0.423 e. The number of esters is 1. The average Bonchev–Trinajstić information content (AvgIpc) is 3.03. The predicted molar refractivity (Wildman–Crippen MR) is 128 cm³/mol. The fourth-order valence-electron chi connectivity index (χ4n) is 3.35. The molecule has 0 fully saturated rings. The third-order valence-electron chi connectivity index (χ3n) is 5.07. The van der Waals surface area contributed by atoms with E-state index in [4.69, 9.17) is 27.9 Å². The summed E-state index contributed by atoms with van der Waals surface area (Å²) in [5.41, 5.74) is 1.90. The maximum atomic E-state index is 12.9. The summed E-state index contributed by atoms with van der Waals surface area (Å²) < 4.78 is 5.51. The van der Waals surface area contributed by atoms with E-state index in [1.165, 1.54) is 0 Å². The van der Waals surface area contributed by atoms with E-state index in [1.807, 2.05) is 19.1 Å². The predicted octanol–water partition coefficient (Wildman–Crippen LogP) is 5.56. The van der Waals surface area contributed by atoms with Crippen LogP contribution in [0, 0.1) is 0 Å². The summed E-state index contributed by atoms with van der Waals surface area (Å²) in [4.78, 5) is 38.9. The SMILES string of the molecule is CCc1ccccc1OC(=O)c1ccc(NC2=C(Cl)C(=O)N(c3ccccc3Cl)C2=O)cc1. The van der Waals surface area contributed by atoms with Gasteiger partial charge in [-0.25, -0.2) is 9.69 Å². The molecule has 166 valence electrons. The summed E-state index contributed by atoms with van der Waals surface area (Å²) in [6.07, 6.45) is 0.736. The Morgan fingerprint density at radius 3 is 2.27 bits per heavy atom. The van der Waals surface area contributed by atoms with Crippen LogP contribution in [0.3, 0.4) is 0 Å². The maximum Gasteiger partial charge on any atom is 0.343 e. The molecule has 1 aliphatic heterocycles. The molecule has 0 bridgehead atoms. The van der Waals surface area contributed by atoms with Crippen LogP contribution in [-0.2, 0) is 16.0 Å². The Balaban J connectivity index is 1.50. The number of nitrogens with one attached hydrogen (secondary N) is 1. The van der Waals surface area contributed by atoms with Gasteiger partial charge < -0.3 is 10.1 Å². The Labute approximate surface area is 200 Å². The highest BCUT2D eigenvalue weighted by Gasteiger charge is 2.39. The summed E-state index contributed by atoms with van der Waals surface area (Å²) in [6.45, 7) is 1.98. The summed E-state index contributed by atoms with van der Waals surface area (Å²) in [5, 5.41) is 2.86. The molecule has 1 heterocycles. The van der Waals surface area contributed by atoms with Gasteiger partial charge in [0.05, 0.1) is 16.3 Å². The number of aryl methyl sites for hydroxylation is 1. The molecule has 2 amide bonds. The Bertz CT molecular complexity index is 1290. The number of ether oxygens (including phenoxy) is 1. The fraction of sp³-hybridized carbons (Fsp3) is 0.0800. The highest BCUT2D eigenvalue weighted by atomic mass is 35.5. The lowest BCUT2D eigenvalue weighted by molar-refractivity contribution is -0.120. The molecule has 0 aliphatic carbocycles. The number of imide groups is 1. The van der Waals surface area contributed by atoms with Crippen molar-refractivity contribution in [2.45, 2.75) is 13.3 Å². The molecular weight excluding hydrogens is 463 g/mol. The lowest BCUT2D eigenvalue weighted by Gasteiger charge is -2.16. The Morgan fingerprint density at radius 1 is 0.909 bits per heavy atom. The van der Waals surface area contributed by atoms with Gasteiger partial charge in [0.25, 0.3) is 11.8 Å². The highest BCUT2D eigenvalue weighted by Crippen LogP contribution is 2.34. The second-order valence-corrected chi connectivity index (χ2v) is 7.92. The summed E-state index contributed by atoms with van der Waals surface area (Å²) >= 11 is 12.3. The van der Waals surface area contributed by atoms with Crippen LogP contribution < -0.4 is 15.0 Å². The van der Waals surface area contributed by atoms with Gasteiger partial charge in [-0.05, 0) is 54.4 Å². The lowest BCUT2D eigenvalue weighted by atomic mass is 10.1. The number of rotatable bonds is 6. The van der Waals surface area contributed by atoms with Crippen molar-refractivity contribution in [1.82, 2.24) is 0 Å². The van der Waals surface area contributed by atoms with Crippen LogP contribution in [0.2, 0.25) is 5.02 Å². The van der Waals surface area contributed by atoms with E-state index in [0.717, 1.165) is 16.9 Å². The van der Waals surface area contributed by atoms with Gasteiger partial charge in [0.1, 0.15) is 16.5 Å². The van der Waals surface area contributed by atoms with Gasteiger partial charge in [0.15, 0.2) is 0 Å². The molecule has 6 nitrogen and oxygen atoms in total. The third kappa shape index (κ3) is 4.49. The van der Waals surface area contributed by atoms with E-state index in [1.54, 1.807) is 60.7 Å². The van der Waals surface area contributed by atoms with E-state index >= 15 is 0 Å². The molecule has 0 unspecified atom stereocenters. The standard InChI is InChI=1S/C25H18Cl2N2O4/c1-2-15-7-3-6-10-20(15)33-25(32)16-11-13-17(14-12-16)28-22-21(27)23(30)29(24(22)31)19-9-5-4-8-18(19)26/h3-14,28H,2H2,1H3. The first-order chi connectivity index (χ1) is 15.9. The van der Waals surface area contributed by atoms with E-state index in [0.29, 0.717) is 17.0 Å². The van der Waals surface area contributed by atoms with Crippen LogP contribution in [-0.4, -0.2) is 17.8 Å². The van der Waals surface area contributed by atoms with Crippen LogP contribution in [0.1, 0.15) is 22.8 Å². The van der Waals surface area contributed by atoms with Gasteiger partial charge in [0, 0.05) is 5.69 Å². The normalized spacial score (nSPS) is 13.5. The van der Waals surface area contributed by atoms with Crippen LogP contribution in [0.5, 0.6) is 5.75 Å². The Hall–Kier alpha value is -3.61. The molecular formula is C25H18Cl2N2O4. The Morgan fingerprint density at radius 2 is 1.58 bits per heavy atom. The van der Waals surface area contributed by atoms with Gasteiger partial charge in [-0.2, -0.15) is 0 Å². The van der Waals surface area contributed by atoms with E-state index < -0.39 is 17.8 Å². The number of hydrogen-bond acceptors (Lipinski definition) is 5. The van der Waals surface area contributed by atoms with E-state index in [9.17, 15) is 14.4 Å². The maximum absolute atomic E-state index is 12.9. The number of nitrogens with zero attached hydrogens (tertiary/aromatic N) is 1. The lowest BCUT2D eigenvalue weighted by Crippen LogP contribution is -2.32. The van der Waals surface area contributed by atoms with E-state index in [2.05, 4.69) is 5.32 Å². The van der Waals surface area contributed by atoms with Gasteiger partial charge in [-0.1, -0.05) is 60.5 Å². The van der Waals surface area contributed by atoms with Gasteiger partial charge in [-0.15, -0.1) is 0 Å². The first-order valence-electron chi connectivity index (χ1n) is 10.1. The molecule has 0 radical (unpaired) electrons. The molecule has 33 heavy (non-hydrogen) atoms. The number of amides is 2. The van der Waals surface area contributed by atoms with Crippen LogP contribution in [0.4, 0.5) is 11.4 Å². The highest BCUT2D eigenvalue weighted by molar-refractivity contribution is 6.53. The molecule has 0 saturated heterocycles. The van der Waals surface area contributed by atoms with E-state index in [-0.39, 0.29) is 21.4 Å². The Kier molecular flexibility index (Phi) is 6.49. The fourth-order valence-corrected chi connectivity index (χ4v) is 3.78. The second-order valence-electron chi connectivity index (χ2n) is 7.14. The molecule has 4 rings (SSSR count). The largest absolute Gasteiger partial charge is 0.423 e. The number of carbonyl (C=O) groups is 3. The molecule has 0 spiro atoms. The zero-order valence-corrected chi connectivity index (χ0v) is 19.0. The number of hydrogen-bond donors (Lipinski definition) is 1. The van der Waals surface area contributed by atoms with Crippen molar-refractivity contribution < 1.29 is 19.1 Å². The first kappa shape index (κ1) is 22.6. The molecule has 0 saturated carbocycles. The number of benzene rings is 3. The number of anilines is 2. The van der Waals surface area contributed by atoms with Gasteiger partial charge >= 0.3 is 5.97 Å². The van der Waals surface area contributed by atoms with Crippen molar-refractivity contribution in [3.8, 4) is 5.75 Å². The number of carbonyl (C=O) groups excluding carboxylic acids is 3. The van der Waals surface area contributed by atoms with Crippen molar-refractivity contribution in [2.75, 3.05) is 10.2 Å². The molecule has 8 heteroatoms. The minimum absolute atomic E-state index is 0.0752. The van der Waals surface area contributed by atoms with Crippen molar-refractivity contribution in [3.63, 3.8) is 0 Å². The van der Waals surface area contributed by atoms with Crippen LogP contribution in [0.15, 0.2) is 83.5 Å². The first-order valence-corrected chi connectivity index (χ1v) is 10.9. The van der Waals surface area contributed by atoms with Crippen molar-refractivity contribution >= 4 is 52.4 Å². The van der Waals surface area contributed by atoms with Crippen molar-refractivity contribution in [3.05, 3.63) is 99.7 Å². The van der Waals surface area contributed by atoms with Crippen molar-refractivity contribution in [1.29, 1.82) is 0 Å². The molecule has 3 aromatic carbocycles. The molecule has 3 aromatic rings. The topological polar surface area (TPSA) is 75.7 Å². The zero-order valence-electron chi connectivity index (χ0n) is 17.5. The summed E-state index contributed by atoms with van der Waals surface area (Å²) in [7, 11) is 0. The molecule has 1 N–H and O–H groups in total. The number of para-hydroxylation sites is 2. The summed E-state index contributed by atoms with van der Waals surface area (Å²) in [5.74, 6) is -1.29. The zero-order chi connectivity index (χ0) is 23.5. The molecule has 0 aromatic heterocycles. The monoisotopic (exact) mass is 480 g/mol. The quantitative estimate of drug-likeness (QED) is 0.284. The second kappa shape index (κ2) is 9.48. The van der Waals surface area contributed by atoms with Gasteiger partial charge in [-0.3, -0.25) is 9.59 Å². The van der Waals surface area contributed by atoms with Crippen molar-refractivity contribution in [2.24, 2.45) is 0 Å². The minimum atomic E-state index is -0.674.